The summed E-state index contributed by atoms with van der Waals surface area (Å²) in [7, 11) is 0. The zero-order chi connectivity index (χ0) is 28.4. The van der Waals surface area contributed by atoms with Gasteiger partial charge in [0.2, 0.25) is 0 Å². The van der Waals surface area contributed by atoms with Crippen LogP contribution in [0.3, 0.4) is 0 Å². The minimum atomic E-state index is 0.665. The standard InChI is InChI=1S/C34H39N7O/c1-2-7-27(8-3-1)9-6-15-37-34-30-13-12-28(25-33(30)38-26-39-34)42-24-23-41-21-19-40(20-22-41)18-17-36-32-14-16-35-31-11-5-4-10-29(31)32/h1-5,7-8,10-14,16,25-26H,6,9,15,17-24H2,(H,35,36)(H,37,38,39). The molecule has 3 aromatic carbocycles. The number of para-hydroxylation sites is 1. The van der Waals surface area contributed by atoms with Crippen molar-refractivity contribution in [2.45, 2.75) is 12.8 Å². The summed E-state index contributed by atoms with van der Waals surface area (Å²) in [5, 5.41) is 9.29. The van der Waals surface area contributed by atoms with Crippen molar-refractivity contribution in [1.29, 1.82) is 0 Å². The van der Waals surface area contributed by atoms with Crippen molar-refractivity contribution in [3.63, 3.8) is 0 Å². The Morgan fingerprint density at radius 2 is 1.50 bits per heavy atom. The Morgan fingerprint density at radius 3 is 2.38 bits per heavy atom. The highest BCUT2D eigenvalue weighted by Gasteiger charge is 2.16. The normalized spacial score (nSPS) is 14.3. The molecule has 0 radical (unpaired) electrons. The van der Waals surface area contributed by atoms with Gasteiger partial charge >= 0.3 is 0 Å². The van der Waals surface area contributed by atoms with E-state index in [0.29, 0.717) is 6.61 Å². The van der Waals surface area contributed by atoms with Crippen molar-refractivity contribution < 1.29 is 4.74 Å². The van der Waals surface area contributed by atoms with Crippen LogP contribution in [0.4, 0.5) is 11.5 Å². The van der Waals surface area contributed by atoms with Gasteiger partial charge in [-0.25, -0.2) is 9.97 Å². The molecular weight excluding hydrogens is 522 g/mol. The number of anilines is 2. The number of nitrogens with zero attached hydrogens (tertiary/aromatic N) is 5. The summed E-state index contributed by atoms with van der Waals surface area (Å²) in [6.45, 7) is 8.68. The van der Waals surface area contributed by atoms with Crippen LogP contribution >= 0.6 is 0 Å². The molecule has 1 saturated heterocycles. The third-order valence-corrected chi connectivity index (χ3v) is 7.92. The fraction of sp³-hybridized carbons (Fsp3) is 0.324. The maximum Gasteiger partial charge on any atom is 0.137 e. The highest BCUT2D eigenvalue weighted by Crippen LogP contribution is 2.24. The summed E-state index contributed by atoms with van der Waals surface area (Å²) in [5.74, 6) is 1.73. The van der Waals surface area contributed by atoms with Crippen molar-refractivity contribution in [3.05, 3.63) is 97.0 Å². The van der Waals surface area contributed by atoms with Gasteiger partial charge in [-0.3, -0.25) is 14.8 Å². The van der Waals surface area contributed by atoms with Crippen LogP contribution in [0.2, 0.25) is 0 Å². The number of rotatable bonds is 13. The molecule has 0 bridgehead atoms. The van der Waals surface area contributed by atoms with Crippen LogP contribution in [0.15, 0.2) is 91.4 Å². The second-order valence-electron chi connectivity index (χ2n) is 10.8. The van der Waals surface area contributed by atoms with Crippen LogP contribution in [0, 0.1) is 0 Å². The number of piperazine rings is 1. The number of hydrogen-bond donors (Lipinski definition) is 2. The monoisotopic (exact) mass is 561 g/mol. The molecule has 0 spiro atoms. The summed E-state index contributed by atoms with van der Waals surface area (Å²) in [5.41, 5.74) is 4.44. The van der Waals surface area contributed by atoms with Crippen LogP contribution < -0.4 is 15.4 Å². The Hall–Kier alpha value is -4.27. The van der Waals surface area contributed by atoms with E-state index in [1.807, 2.05) is 24.4 Å². The number of aromatic nitrogens is 3. The first-order chi connectivity index (χ1) is 20.8. The second kappa shape index (κ2) is 14.1. The van der Waals surface area contributed by atoms with Crippen molar-refractivity contribution in [1.82, 2.24) is 24.8 Å². The van der Waals surface area contributed by atoms with Gasteiger partial charge in [-0.05, 0) is 42.7 Å². The maximum absolute atomic E-state index is 6.13. The first kappa shape index (κ1) is 27.9. The van der Waals surface area contributed by atoms with Gasteiger partial charge in [0.25, 0.3) is 0 Å². The van der Waals surface area contributed by atoms with E-state index >= 15 is 0 Å². The number of nitrogens with one attached hydrogen (secondary N) is 2. The third kappa shape index (κ3) is 7.32. The summed E-state index contributed by atoms with van der Waals surface area (Å²) < 4.78 is 6.13. The maximum atomic E-state index is 6.13. The molecule has 0 amide bonds. The van der Waals surface area contributed by atoms with E-state index in [9.17, 15) is 0 Å². The summed E-state index contributed by atoms with van der Waals surface area (Å²) in [6.07, 6.45) is 5.59. The predicted molar refractivity (Wildman–Crippen MR) is 171 cm³/mol. The average molecular weight is 562 g/mol. The van der Waals surface area contributed by atoms with E-state index in [0.717, 1.165) is 98.9 Å². The van der Waals surface area contributed by atoms with Gasteiger partial charge in [0.05, 0.1) is 11.0 Å². The molecule has 1 fully saturated rings. The van der Waals surface area contributed by atoms with Gasteiger partial charge in [0.15, 0.2) is 0 Å². The number of ether oxygens (including phenoxy) is 1. The van der Waals surface area contributed by atoms with E-state index in [2.05, 4.69) is 96.0 Å². The fourth-order valence-electron chi connectivity index (χ4n) is 5.54. The SMILES string of the molecule is c1ccc(CCCNc2ncnc3cc(OCCN4CCN(CCNc5ccnc6ccccc56)CC4)ccc23)cc1. The molecule has 8 nitrogen and oxygen atoms in total. The average Bonchev–Trinajstić information content (AvgIpc) is 3.04. The summed E-state index contributed by atoms with van der Waals surface area (Å²) >= 11 is 0. The Morgan fingerprint density at radius 1 is 0.690 bits per heavy atom. The number of hydrogen-bond acceptors (Lipinski definition) is 8. The third-order valence-electron chi connectivity index (χ3n) is 7.92. The zero-order valence-corrected chi connectivity index (χ0v) is 24.1. The molecule has 0 unspecified atom stereocenters. The minimum Gasteiger partial charge on any atom is -0.492 e. The summed E-state index contributed by atoms with van der Waals surface area (Å²) in [6, 6.07) is 27.0. The Balaban J connectivity index is 0.903. The Kier molecular flexibility index (Phi) is 9.34. The highest BCUT2D eigenvalue weighted by atomic mass is 16.5. The number of aryl methyl sites for hydroxylation is 1. The molecular formula is C34H39N7O. The lowest BCUT2D eigenvalue weighted by atomic mass is 10.1. The van der Waals surface area contributed by atoms with Gasteiger partial charge < -0.3 is 15.4 Å². The van der Waals surface area contributed by atoms with Crippen molar-refractivity contribution in [2.75, 3.05) is 69.6 Å². The first-order valence-electron chi connectivity index (χ1n) is 15.0. The van der Waals surface area contributed by atoms with Crippen molar-refractivity contribution in [2.24, 2.45) is 0 Å². The predicted octanol–water partition coefficient (Wildman–Crippen LogP) is 5.33. The molecule has 1 aliphatic rings. The number of pyridine rings is 1. The van der Waals surface area contributed by atoms with Crippen LogP contribution in [0.5, 0.6) is 5.75 Å². The lowest BCUT2D eigenvalue weighted by Gasteiger charge is -2.34. The molecule has 6 rings (SSSR count). The highest BCUT2D eigenvalue weighted by molar-refractivity contribution is 5.91. The van der Waals surface area contributed by atoms with Crippen LogP contribution in [-0.2, 0) is 6.42 Å². The van der Waals surface area contributed by atoms with E-state index in [1.165, 1.54) is 10.9 Å². The smallest absolute Gasteiger partial charge is 0.137 e. The van der Waals surface area contributed by atoms with Crippen molar-refractivity contribution in [3.8, 4) is 5.75 Å². The number of fused-ring (bicyclic) bond motifs is 2. The molecule has 0 saturated carbocycles. The number of benzene rings is 3. The lowest BCUT2D eigenvalue weighted by Crippen LogP contribution is -2.48. The fourth-order valence-corrected chi connectivity index (χ4v) is 5.54. The Bertz CT molecular complexity index is 1570. The van der Waals surface area contributed by atoms with Gasteiger partial charge in [-0.1, -0.05) is 48.5 Å². The molecule has 216 valence electrons. The van der Waals surface area contributed by atoms with Crippen molar-refractivity contribution >= 4 is 33.3 Å². The zero-order valence-electron chi connectivity index (χ0n) is 24.1. The van der Waals surface area contributed by atoms with Crippen LogP contribution in [-0.4, -0.2) is 83.7 Å². The van der Waals surface area contributed by atoms with E-state index in [1.54, 1.807) is 6.33 Å². The first-order valence-corrected chi connectivity index (χ1v) is 15.0. The molecule has 0 aliphatic carbocycles. The molecule has 2 N–H and O–H groups in total. The van der Waals surface area contributed by atoms with Crippen LogP contribution in [0.25, 0.3) is 21.8 Å². The van der Waals surface area contributed by atoms with Gasteiger partial charge in [0.1, 0.15) is 24.5 Å². The Labute approximate surface area is 247 Å². The van der Waals surface area contributed by atoms with E-state index < -0.39 is 0 Å². The van der Waals surface area contributed by atoms with Gasteiger partial charge in [0, 0.05) is 81.1 Å². The van der Waals surface area contributed by atoms with Crippen LogP contribution in [0.1, 0.15) is 12.0 Å². The molecule has 5 aromatic rings. The molecule has 8 heteroatoms. The van der Waals surface area contributed by atoms with E-state index in [-0.39, 0.29) is 0 Å². The van der Waals surface area contributed by atoms with Gasteiger partial charge in [-0.15, -0.1) is 0 Å². The molecule has 0 atom stereocenters. The quantitative estimate of drug-likeness (QED) is 0.187. The molecule has 42 heavy (non-hydrogen) atoms. The lowest BCUT2D eigenvalue weighted by molar-refractivity contribution is 0.120. The topological polar surface area (TPSA) is 78.4 Å². The largest absolute Gasteiger partial charge is 0.492 e. The van der Waals surface area contributed by atoms with E-state index in [4.69, 9.17) is 4.74 Å². The molecule has 1 aliphatic heterocycles. The molecule has 3 heterocycles. The molecule has 2 aromatic heterocycles. The minimum absolute atomic E-state index is 0.665. The summed E-state index contributed by atoms with van der Waals surface area (Å²) in [4.78, 5) is 18.4. The van der Waals surface area contributed by atoms with Gasteiger partial charge in [-0.2, -0.15) is 0 Å². The second-order valence-corrected chi connectivity index (χ2v) is 10.8.